The number of esters is 1. The molecule has 0 spiro atoms. The lowest BCUT2D eigenvalue weighted by Gasteiger charge is -2.17. The van der Waals surface area contributed by atoms with Crippen LogP contribution < -0.4 is 9.64 Å². The van der Waals surface area contributed by atoms with Crippen molar-refractivity contribution >= 4 is 49.4 Å². The van der Waals surface area contributed by atoms with Gasteiger partial charge in [0.2, 0.25) is 0 Å². The number of nitrogens with zero attached hydrogens (tertiary/aromatic N) is 3. The van der Waals surface area contributed by atoms with Crippen molar-refractivity contribution in [3.63, 3.8) is 0 Å². The van der Waals surface area contributed by atoms with Crippen LogP contribution in [0.25, 0.3) is 21.8 Å². The Bertz CT molecular complexity index is 1980. The maximum Gasteiger partial charge on any atom is 0.340 e. The second-order valence-electron chi connectivity index (χ2n) is 10.4. The number of methoxy groups -OCH3 is 2. The summed E-state index contributed by atoms with van der Waals surface area (Å²) >= 11 is 0. The molecule has 0 N–H and O–H groups in total. The van der Waals surface area contributed by atoms with Gasteiger partial charge in [-0.1, -0.05) is 30.3 Å². The lowest BCUT2D eigenvalue weighted by atomic mass is 9.98. The molecule has 1 aliphatic heterocycles. The van der Waals surface area contributed by atoms with Gasteiger partial charge in [0.15, 0.2) is 0 Å². The van der Waals surface area contributed by atoms with E-state index in [-0.39, 0.29) is 28.4 Å². The molecule has 2 heterocycles. The third-order valence-corrected chi connectivity index (χ3v) is 9.40. The Labute approximate surface area is 243 Å². The van der Waals surface area contributed by atoms with Crippen LogP contribution in [0.3, 0.4) is 0 Å². The van der Waals surface area contributed by atoms with Crippen LogP contribution in [0.1, 0.15) is 31.8 Å². The Morgan fingerprint density at radius 3 is 2.29 bits per heavy atom. The zero-order valence-electron chi connectivity index (χ0n) is 23.6. The minimum Gasteiger partial charge on any atom is -0.497 e. The van der Waals surface area contributed by atoms with Crippen molar-refractivity contribution in [1.29, 1.82) is 0 Å². The Balaban J connectivity index is 1.57. The van der Waals surface area contributed by atoms with Gasteiger partial charge < -0.3 is 19.3 Å². The van der Waals surface area contributed by atoms with Crippen molar-refractivity contribution in [3.05, 3.63) is 101 Å². The van der Waals surface area contributed by atoms with E-state index in [0.717, 1.165) is 15.2 Å². The molecule has 214 valence electrons. The van der Waals surface area contributed by atoms with E-state index in [4.69, 9.17) is 9.47 Å². The number of para-hydroxylation sites is 1. The minimum absolute atomic E-state index is 0.0105. The summed E-state index contributed by atoms with van der Waals surface area (Å²) < 4.78 is 39.9. The lowest BCUT2D eigenvalue weighted by molar-refractivity contribution is 0.0602. The largest absolute Gasteiger partial charge is 0.497 e. The highest BCUT2D eigenvalue weighted by Crippen LogP contribution is 2.41. The summed E-state index contributed by atoms with van der Waals surface area (Å²) in [6.45, 7) is 0.632. The molecule has 42 heavy (non-hydrogen) atoms. The van der Waals surface area contributed by atoms with Crippen molar-refractivity contribution in [2.75, 3.05) is 33.2 Å². The molecule has 6 rings (SSSR count). The fourth-order valence-electron chi connectivity index (χ4n) is 5.60. The van der Waals surface area contributed by atoms with E-state index in [1.165, 1.54) is 26.4 Å². The van der Waals surface area contributed by atoms with Crippen molar-refractivity contribution in [2.45, 2.75) is 18.0 Å². The van der Waals surface area contributed by atoms with Gasteiger partial charge in [0.25, 0.3) is 15.9 Å². The molecule has 0 unspecified atom stereocenters. The third kappa shape index (κ3) is 4.26. The number of hydrogen-bond acceptors (Lipinski definition) is 7. The molecule has 0 aliphatic carbocycles. The van der Waals surface area contributed by atoms with E-state index in [1.807, 2.05) is 43.3 Å². The van der Waals surface area contributed by atoms with Gasteiger partial charge in [-0.05, 0) is 59.7 Å². The van der Waals surface area contributed by atoms with Crippen molar-refractivity contribution < 1.29 is 27.5 Å². The minimum atomic E-state index is -4.22. The number of carbonyl (C=O) groups excluding carboxylic acids is 2. The Kier molecular flexibility index (Phi) is 6.65. The van der Waals surface area contributed by atoms with Gasteiger partial charge in [-0.15, -0.1) is 0 Å². The second-order valence-corrected chi connectivity index (χ2v) is 12.1. The first-order chi connectivity index (χ1) is 20.1. The number of carbonyl (C=O) groups is 2. The summed E-state index contributed by atoms with van der Waals surface area (Å²) in [5, 5.41) is 0.966. The number of benzene rings is 4. The van der Waals surface area contributed by atoms with Crippen LogP contribution >= 0.6 is 0 Å². The molecule has 9 nitrogen and oxygen atoms in total. The van der Waals surface area contributed by atoms with Gasteiger partial charge in [0, 0.05) is 43.6 Å². The molecule has 10 heteroatoms. The molecular weight excluding hydrogens is 554 g/mol. The third-order valence-electron chi connectivity index (χ3n) is 7.67. The molecule has 4 aromatic carbocycles. The highest BCUT2D eigenvalue weighted by molar-refractivity contribution is 7.90. The van der Waals surface area contributed by atoms with E-state index < -0.39 is 16.0 Å². The summed E-state index contributed by atoms with van der Waals surface area (Å²) in [6.07, 6.45) is 0. The summed E-state index contributed by atoms with van der Waals surface area (Å²) in [4.78, 5) is 30.9. The highest BCUT2D eigenvalue weighted by atomic mass is 32.2. The number of rotatable bonds is 7. The summed E-state index contributed by atoms with van der Waals surface area (Å²) in [5.74, 6) is -0.416. The average Bonchev–Trinajstić information content (AvgIpc) is 3.51. The predicted octanol–water partition coefficient (Wildman–Crippen LogP) is 5.05. The smallest absolute Gasteiger partial charge is 0.340 e. The van der Waals surface area contributed by atoms with Gasteiger partial charge in [-0.3, -0.25) is 4.79 Å². The molecular formula is C32H29N3O6S. The number of hydrogen-bond donors (Lipinski definition) is 0. The number of ether oxygens (including phenoxy) is 2. The zero-order valence-corrected chi connectivity index (χ0v) is 24.4. The van der Waals surface area contributed by atoms with E-state index in [9.17, 15) is 18.0 Å². The topological polar surface area (TPSA) is 98.2 Å². The first-order valence-electron chi connectivity index (χ1n) is 13.3. The van der Waals surface area contributed by atoms with Crippen LogP contribution in [0, 0.1) is 0 Å². The molecule has 0 fully saturated rings. The van der Waals surface area contributed by atoms with Crippen molar-refractivity contribution in [1.82, 2.24) is 8.87 Å². The molecule has 0 atom stereocenters. The maximum atomic E-state index is 14.2. The van der Waals surface area contributed by atoms with Crippen LogP contribution in [0.15, 0.2) is 83.8 Å². The summed E-state index contributed by atoms with van der Waals surface area (Å²) in [6, 6.07) is 22.5. The molecule has 0 radical (unpaired) electrons. The highest BCUT2D eigenvalue weighted by Gasteiger charge is 2.36. The molecule has 5 aromatic rings. The van der Waals surface area contributed by atoms with Gasteiger partial charge in [-0.2, -0.15) is 0 Å². The van der Waals surface area contributed by atoms with E-state index in [0.29, 0.717) is 39.7 Å². The van der Waals surface area contributed by atoms with Crippen molar-refractivity contribution in [3.8, 4) is 5.75 Å². The fourth-order valence-corrected chi connectivity index (χ4v) is 7.14. The van der Waals surface area contributed by atoms with Crippen LogP contribution in [0.4, 0.5) is 5.69 Å². The van der Waals surface area contributed by atoms with Crippen LogP contribution in [-0.4, -0.2) is 57.5 Å². The second kappa shape index (κ2) is 10.2. The Hall–Kier alpha value is -4.83. The maximum absolute atomic E-state index is 14.2. The molecule has 0 saturated heterocycles. The van der Waals surface area contributed by atoms with Gasteiger partial charge in [0.1, 0.15) is 5.75 Å². The fraction of sp³-hybridized carbons (Fsp3) is 0.188. The molecule has 1 amide bonds. The molecule has 0 saturated carbocycles. The number of fused-ring (bicyclic) bond motifs is 5. The number of anilines is 1. The van der Waals surface area contributed by atoms with E-state index in [2.05, 4.69) is 0 Å². The molecule has 1 aromatic heterocycles. The van der Waals surface area contributed by atoms with Crippen LogP contribution in [-0.2, 0) is 27.8 Å². The SMILES string of the molecule is COC(=O)c1cc2c(c3c4ccccc4n(S(=O)(=O)c4ccc(OC)cc4)c13)C(=O)N(Cc1ccc(N(C)C)cc1)C2. The predicted molar refractivity (Wildman–Crippen MR) is 161 cm³/mol. The normalized spacial score (nSPS) is 13.0. The standard InChI is InChI=1S/C32H29N3O6S/c1-33(2)22-11-9-20(10-12-22)18-34-19-21-17-26(32(37)41-4)30-29(28(21)31(34)36)25-7-5-6-8-27(25)35(30)42(38,39)24-15-13-23(40-3)14-16-24/h5-17H,18-19H2,1-4H3. The van der Waals surface area contributed by atoms with Crippen LogP contribution in [0.5, 0.6) is 5.75 Å². The van der Waals surface area contributed by atoms with E-state index in [1.54, 1.807) is 47.4 Å². The Morgan fingerprint density at radius 1 is 0.952 bits per heavy atom. The lowest BCUT2D eigenvalue weighted by Crippen LogP contribution is -2.23. The van der Waals surface area contributed by atoms with E-state index >= 15 is 0 Å². The van der Waals surface area contributed by atoms with Gasteiger partial charge in [-0.25, -0.2) is 17.2 Å². The van der Waals surface area contributed by atoms with Crippen LogP contribution in [0.2, 0.25) is 0 Å². The monoisotopic (exact) mass is 583 g/mol. The summed E-state index contributed by atoms with van der Waals surface area (Å²) in [5.41, 5.74) is 3.57. The van der Waals surface area contributed by atoms with Gasteiger partial charge in [0.05, 0.1) is 41.3 Å². The number of amides is 1. The number of aromatic nitrogens is 1. The Morgan fingerprint density at radius 2 is 1.64 bits per heavy atom. The first kappa shape index (κ1) is 27.3. The first-order valence-corrected chi connectivity index (χ1v) is 14.7. The molecule has 1 aliphatic rings. The zero-order chi connectivity index (χ0) is 29.8. The quantitative estimate of drug-likeness (QED) is 0.247. The van der Waals surface area contributed by atoms with Crippen molar-refractivity contribution in [2.24, 2.45) is 0 Å². The molecule has 0 bridgehead atoms. The van der Waals surface area contributed by atoms with Gasteiger partial charge >= 0.3 is 5.97 Å². The summed E-state index contributed by atoms with van der Waals surface area (Å²) in [7, 11) is 2.46. The average molecular weight is 584 g/mol.